The lowest BCUT2D eigenvalue weighted by molar-refractivity contribution is 0.0992. The summed E-state index contributed by atoms with van der Waals surface area (Å²) in [4.78, 5) is 0. The summed E-state index contributed by atoms with van der Waals surface area (Å²) < 4.78 is 0. The zero-order valence-electron chi connectivity index (χ0n) is 5.96. The summed E-state index contributed by atoms with van der Waals surface area (Å²) in [6.07, 6.45) is 4.25. The molecular formula is C9H8O2. The lowest BCUT2D eigenvalue weighted by atomic mass is 10.3. The molecule has 0 saturated carbocycles. The van der Waals surface area contributed by atoms with Crippen LogP contribution in [0.1, 0.15) is 6.42 Å². The topological polar surface area (TPSA) is 40.5 Å². The molecule has 0 radical (unpaired) electrons. The Bertz CT molecular complexity index is 251. The molecule has 0 aliphatic carbocycles. The van der Waals surface area contributed by atoms with Crippen LogP contribution in [0.5, 0.6) is 0 Å². The van der Waals surface area contributed by atoms with Crippen LogP contribution in [0.25, 0.3) is 0 Å². The van der Waals surface area contributed by atoms with Crippen molar-refractivity contribution in [1.82, 2.24) is 0 Å². The minimum Gasteiger partial charge on any atom is -0.394 e. The second-order valence-electron chi connectivity index (χ2n) is 1.74. The standard InChI is InChI=1S/C9H8O2/c1-2-3-4-5-6-7-9(11)8-10/h1,9-11H,7-8H2. The van der Waals surface area contributed by atoms with Gasteiger partial charge in [0.05, 0.1) is 12.7 Å². The zero-order chi connectivity index (χ0) is 8.53. The van der Waals surface area contributed by atoms with Gasteiger partial charge in [-0.3, -0.25) is 0 Å². The van der Waals surface area contributed by atoms with Crippen molar-refractivity contribution in [1.29, 1.82) is 0 Å². The Labute approximate surface area is 66.2 Å². The zero-order valence-corrected chi connectivity index (χ0v) is 5.96. The van der Waals surface area contributed by atoms with Crippen LogP contribution >= 0.6 is 0 Å². The maximum Gasteiger partial charge on any atom is 0.0880 e. The monoisotopic (exact) mass is 148 g/mol. The van der Waals surface area contributed by atoms with Crippen molar-refractivity contribution in [2.45, 2.75) is 12.5 Å². The fraction of sp³-hybridized carbons (Fsp3) is 0.333. The largest absolute Gasteiger partial charge is 0.394 e. The molecule has 11 heavy (non-hydrogen) atoms. The molecule has 56 valence electrons. The van der Waals surface area contributed by atoms with E-state index in [-0.39, 0.29) is 13.0 Å². The smallest absolute Gasteiger partial charge is 0.0880 e. The molecular weight excluding hydrogens is 140 g/mol. The van der Waals surface area contributed by atoms with E-state index in [1.165, 1.54) is 0 Å². The molecule has 2 nitrogen and oxygen atoms in total. The molecule has 1 atom stereocenters. The minimum absolute atomic E-state index is 0.218. The first-order valence-electron chi connectivity index (χ1n) is 3.03. The van der Waals surface area contributed by atoms with Crippen molar-refractivity contribution in [2.24, 2.45) is 0 Å². The fourth-order valence-electron chi connectivity index (χ4n) is 0.345. The Morgan fingerprint density at radius 1 is 1.27 bits per heavy atom. The van der Waals surface area contributed by atoms with E-state index in [0.29, 0.717) is 0 Å². The van der Waals surface area contributed by atoms with Crippen LogP contribution in [0.3, 0.4) is 0 Å². The van der Waals surface area contributed by atoms with Crippen molar-refractivity contribution >= 4 is 0 Å². The van der Waals surface area contributed by atoms with Crippen molar-refractivity contribution in [3.63, 3.8) is 0 Å². The van der Waals surface area contributed by atoms with Gasteiger partial charge in [-0.2, -0.15) is 0 Å². The van der Waals surface area contributed by atoms with Crippen LogP contribution in [-0.2, 0) is 0 Å². The van der Waals surface area contributed by atoms with Gasteiger partial charge >= 0.3 is 0 Å². The molecule has 0 spiro atoms. The van der Waals surface area contributed by atoms with Gasteiger partial charge in [0.1, 0.15) is 0 Å². The fourth-order valence-corrected chi connectivity index (χ4v) is 0.345. The third kappa shape index (κ3) is 6.49. The van der Waals surface area contributed by atoms with E-state index in [2.05, 4.69) is 29.6 Å². The Morgan fingerprint density at radius 2 is 2.00 bits per heavy atom. The molecule has 0 amide bonds. The van der Waals surface area contributed by atoms with Crippen molar-refractivity contribution in [3.05, 3.63) is 0 Å². The van der Waals surface area contributed by atoms with Gasteiger partial charge in [0, 0.05) is 6.42 Å². The van der Waals surface area contributed by atoms with E-state index in [9.17, 15) is 0 Å². The molecule has 0 saturated heterocycles. The average Bonchev–Trinajstić information content (AvgIpc) is 2.04. The van der Waals surface area contributed by atoms with Crippen molar-refractivity contribution in [2.75, 3.05) is 6.61 Å². The van der Waals surface area contributed by atoms with Crippen LogP contribution < -0.4 is 0 Å². The molecule has 0 aromatic rings. The van der Waals surface area contributed by atoms with E-state index in [1.54, 1.807) is 0 Å². The Balaban J connectivity index is 3.66. The van der Waals surface area contributed by atoms with Crippen LogP contribution in [-0.4, -0.2) is 22.9 Å². The van der Waals surface area contributed by atoms with Gasteiger partial charge in [-0.05, 0) is 23.7 Å². The molecule has 0 aliphatic heterocycles. The number of aliphatic hydroxyl groups excluding tert-OH is 2. The molecule has 2 N–H and O–H groups in total. The van der Waals surface area contributed by atoms with Gasteiger partial charge in [0.2, 0.25) is 0 Å². The molecule has 2 heteroatoms. The normalized spacial score (nSPS) is 9.55. The predicted molar refractivity (Wildman–Crippen MR) is 42.1 cm³/mol. The van der Waals surface area contributed by atoms with E-state index in [4.69, 9.17) is 16.6 Å². The van der Waals surface area contributed by atoms with Crippen LogP contribution in [0.2, 0.25) is 0 Å². The first kappa shape index (κ1) is 9.60. The Kier molecular flexibility index (Phi) is 5.86. The molecule has 0 aromatic heterocycles. The highest BCUT2D eigenvalue weighted by atomic mass is 16.3. The first-order valence-corrected chi connectivity index (χ1v) is 3.03. The second kappa shape index (κ2) is 6.72. The Morgan fingerprint density at radius 3 is 2.55 bits per heavy atom. The quantitative estimate of drug-likeness (QED) is 0.512. The first-order chi connectivity index (χ1) is 5.31. The summed E-state index contributed by atoms with van der Waals surface area (Å²) in [5.41, 5.74) is 0. The third-order valence-electron chi connectivity index (χ3n) is 0.834. The summed E-state index contributed by atoms with van der Waals surface area (Å²) in [5, 5.41) is 17.1. The molecule has 0 fully saturated rings. The van der Waals surface area contributed by atoms with Gasteiger partial charge in [0.25, 0.3) is 0 Å². The average molecular weight is 148 g/mol. The highest BCUT2D eigenvalue weighted by molar-refractivity contribution is 5.33. The Hall–Kier alpha value is -1.40. The number of aliphatic hydroxyl groups is 2. The SMILES string of the molecule is C#CC#CC#CCC(O)CO. The summed E-state index contributed by atoms with van der Waals surface area (Å²) in [6, 6.07) is 0. The highest BCUT2D eigenvalue weighted by Gasteiger charge is 1.95. The lowest BCUT2D eigenvalue weighted by Crippen LogP contribution is -2.09. The summed E-state index contributed by atoms with van der Waals surface area (Å²) >= 11 is 0. The molecule has 1 unspecified atom stereocenters. The second-order valence-corrected chi connectivity index (χ2v) is 1.74. The maximum absolute atomic E-state index is 8.77. The van der Waals surface area contributed by atoms with Crippen molar-refractivity contribution < 1.29 is 10.2 Å². The number of terminal acetylenes is 1. The number of hydrogen-bond acceptors (Lipinski definition) is 2. The van der Waals surface area contributed by atoms with Gasteiger partial charge in [-0.1, -0.05) is 5.92 Å². The van der Waals surface area contributed by atoms with Crippen LogP contribution in [0.4, 0.5) is 0 Å². The van der Waals surface area contributed by atoms with Gasteiger partial charge in [-0.15, -0.1) is 6.42 Å². The lowest BCUT2D eigenvalue weighted by Gasteiger charge is -1.97. The molecule has 0 aromatic carbocycles. The highest BCUT2D eigenvalue weighted by Crippen LogP contribution is 1.85. The summed E-state index contributed by atoms with van der Waals surface area (Å²) in [5.74, 6) is 11.7. The van der Waals surface area contributed by atoms with Gasteiger partial charge < -0.3 is 10.2 Å². The van der Waals surface area contributed by atoms with Crippen molar-refractivity contribution in [3.8, 4) is 36.0 Å². The third-order valence-corrected chi connectivity index (χ3v) is 0.834. The van der Waals surface area contributed by atoms with E-state index < -0.39 is 6.10 Å². The molecule has 0 bridgehead atoms. The summed E-state index contributed by atoms with van der Waals surface area (Å²) in [7, 11) is 0. The van der Waals surface area contributed by atoms with E-state index >= 15 is 0 Å². The minimum atomic E-state index is -0.782. The van der Waals surface area contributed by atoms with Crippen LogP contribution in [0, 0.1) is 36.0 Å². The van der Waals surface area contributed by atoms with E-state index in [1.807, 2.05) is 0 Å². The number of hydrogen-bond donors (Lipinski definition) is 2. The van der Waals surface area contributed by atoms with Crippen LogP contribution in [0.15, 0.2) is 0 Å². The summed E-state index contributed by atoms with van der Waals surface area (Å²) in [6.45, 7) is -0.281. The van der Waals surface area contributed by atoms with E-state index in [0.717, 1.165) is 0 Å². The van der Waals surface area contributed by atoms with Gasteiger partial charge in [0.15, 0.2) is 0 Å². The van der Waals surface area contributed by atoms with Gasteiger partial charge in [-0.25, -0.2) is 0 Å². The maximum atomic E-state index is 8.77. The molecule has 0 aliphatic rings. The molecule has 0 heterocycles. The number of rotatable bonds is 2. The predicted octanol–water partition coefficient (Wildman–Crippen LogP) is -0.630. The molecule has 0 rings (SSSR count).